The monoisotopic (exact) mass is 133 g/mol. The molecule has 1 saturated carbocycles. The summed E-state index contributed by atoms with van der Waals surface area (Å²) in [5.74, 6) is 4.82. The van der Waals surface area contributed by atoms with E-state index in [0.29, 0.717) is 12.8 Å². The van der Waals surface area contributed by atoms with Gasteiger partial charge in [0.1, 0.15) is 12.2 Å². The van der Waals surface area contributed by atoms with Crippen molar-refractivity contribution >= 4 is 0 Å². The molecule has 4 heteroatoms. The second kappa shape index (κ2) is 2.62. The summed E-state index contributed by atoms with van der Waals surface area (Å²) in [6, 6.07) is 0. The molecule has 1 fully saturated rings. The normalized spacial score (nSPS) is 43.7. The fourth-order valence-corrected chi connectivity index (χ4v) is 1.07. The van der Waals surface area contributed by atoms with Crippen LogP contribution < -0.4 is 5.90 Å². The van der Waals surface area contributed by atoms with Gasteiger partial charge in [0.15, 0.2) is 0 Å². The van der Waals surface area contributed by atoms with Gasteiger partial charge in [-0.1, -0.05) is 0 Å². The minimum absolute atomic E-state index is 0.375. The highest BCUT2D eigenvalue weighted by molar-refractivity contribution is 4.84. The summed E-state index contributed by atoms with van der Waals surface area (Å²) in [7, 11) is 0. The van der Waals surface area contributed by atoms with Crippen LogP contribution in [0.1, 0.15) is 12.8 Å². The molecule has 0 bridgehead atoms. The van der Waals surface area contributed by atoms with Crippen molar-refractivity contribution in [3.63, 3.8) is 0 Å². The van der Waals surface area contributed by atoms with Crippen LogP contribution in [0, 0.1) is 0 Å². The molecule has 1 aliphatic rings. The van der Waals surface area contributed by atoms with Gasteiger partial charge in [0.25, 0.3) is 0 Å². The van der Waals surface area contributed by atoms with E-state index in [1.807, 2.05) is 0 Å². The number of rotatable bonds is 1. The molecular weight excluding hydrogens is 122 g/mol. The molecule has 1 rings (SSSR count). The summed E-state index contributed by atoms with van der Waals surface area (Å²) in [6.07, 6.45) is -0.615. The molecule has 9 heavy (non-hydrogen) atoms. The molecule has 0 aromatic heterocycles. The maximum atomic E-state index is 9.00. The van der Waals surface area contributed by atoms with Gasteiger partial charge in [0, 0.05) is 0 Å². The van der Waals surface area contributed by atoms with Crippen molar-refractivity contribution in [3.05, 3.63) is 0 Å². The predicted octanol–water partition coefficient (Wildman–Crippen LogP) is -1.24. The highest BCUT2D eigenvalue weighted by Crippen LogP contribution is 2.20. The zero-order chi connectivity index (χ0) is 6.85. The Morgan fingerprint density at radius 2 is 2.00 bits per heavy atom. The molecule has 0 spiro atoms. The summed E-state index contributed by atoms with van der Waals surface area (Å²) in [4.78, 5) is 4.38. The molecule has 0 unspecified atom stereocenters. The largest absolute Gasteiger partial charge is 0.390 e. The van der Waals surface area contributed by atoms with Crippen LogP contribution in [-0.2, 0) is 4.84 Å². The summed E-state index contributed by atoms with van der Waals surface area (Å²) < 4.78 is 0. The maximum absolute atomic E-state index is 9.00. The Morgan fingerprint density at radius 3 is 2.22 bits per heavy atom. The van der Waals surface area contributed by atoms with Gasteiger partial charge in [-0.05, 0) is 12.8 Å². The van der Waals surface area contributed by atoms with Gasteiger partial charge >= 0.3 is 0 Å². The molecular formula is C5H11NO3. The van der Waals surface area contributed by atoms with E-state index in [-0.39, 0.29) is 6.10 Å². The third-order valence-electron chi connectivity index (χ3n) is 1.70. The minimum Gasteiger partial charge on any atom is -0.390 e. The molecule has 0 aromatic rings. The Labute approximate surface area is 53.2 Å². The molecule has 0 saturated heterocycles. The van der Waals surface area contributed by atoms with Gasteiger partial charge < -0.3 is 10.2 Å². The van der Waals surface area contributed by atoms with Gasteiger partial charge in [-0.25, -0.2) is 5.90 Å². The quantitative estimate of drug-likeness (QED) is 0.391. The second-order valence-corrected chi connectivity index (χ2v) is 2.31. The van der Waals surface area contributed by atoms with E-state index < -0.39 is 12.2 Å². The first-order chi connectivity index (χ1) is 4.25. The molecule has 4 nitrogen and oxygen atoms in total. The Morgan fingerprint density at radius 1 is 1.33 bits per heavy atom. The number of aliphatic hydroxyl groups is 2. The van der Waals surface area contributed by atoms with Crippen molar-refractivity contribution in [2.45, 2.75) is 31.2 Å². The third kappa shape index (κ3) is 1.21. The fraction of sp³-hybridized carbons (Fsp3) is 1.00. The topological polar surface area (TPSA) is 75.7 Å². The average molecular weight is 133 g/mol. The van der Waals surface area contributed by atoms with Crippen LogP contribution >= 0.6 is 0 Å². The van der Waals surface area contributed by atoms with Crippen LogP contribution in [0.4, 0.5) is 0 Å². The molecule has 1 aliphatic carbocycles. The van der Waals surface area contributed by atoms with Crippen LogP contribution in [-0.4, -0.2) is 28.5 Å². The van der Waals surface area contributed by atoms with Crippen molar-refractivity contribution in [3.8, 4) is 0 Å². The molecule has 0 amide bonds. The van der Waals surface area contributed by atoms with E-state index in [9.17, 15) is 0 Å². The van der Waals surface area contributed by atoms with Crippen molar-refractivity contribution in [1.29, 1.82) is 0 Å². The SMILES string of the molecule is NO[C@H]1CC[C@H](O)[C@@H]1O. The zero-order valence-corrected chi connectivity index (χ0v) is 5.03. The Balaban J connectivity index is 2.41. The molecule has 54 valence electrons. The van der Waals surface area contributed by atoms with Gasteiger partial charge in [0.2, 0.25) is 0 Å². The van der Waals surface area contributed by atoms with Gasteiger partial charge in [0.05, 0.1) is 6.10 Å². The van der Waals surface area contributed by atoms with Crippen LogP contribution in [0.2, 0.25) is 0 Å². The van der Waals surface area contributed by atoms with E-state index in [1.165, 1.54) is 0 Å². The summed E-state index contributed by atoms with van der Waals surface area (Å²) in [6.45, 7) is 0. The van der Waals surface area contributed by atoms with E-state index in [1.54, 1.807) is 0 Å². The average Bonchev–Trinajstić information content (AvgIpc) is 2.15. The summed E-state index contributed by atoms with van der Waals surface area (Å²) in [5, 5.41) is 17.9. The Hall–Kier alpha value is -0.160. The van der Waals surface area contributed by atoms with E-state index in [0.717, 1.165) is 0 Å². The van der Waals surface area contributed by atoms with Crippen LogP contribution in [0.25, 0.3) is 0 Å². The van der Waals surface area contributed by atoms with E-state index in [4.69, 9.17) is 16.1 Å². The second-order valence-electron chi connectivity index (χ2n) is 2.31. The molecule has 0 aromatic carbocycles. The van der Waals surface area contributed by atoms with Crippen molar-refractivity contribution < 1.29 is 15.1 Å². The first kappa shape index (κ1) is 6.95. The Bertz CT molecular complexity index is 98.2. The van der Waals surface area contributed by atoms with E-state index >= 15 is 0 Å². The van der Waals surface area contributed by atoms with Crippen molar-refractivity contribution in [1.82, 2.24) is 0 Å². The van der Waals surface area contributed by atoms with Crippen LogP contribution in [0.3, 0.4) is 0 Å². The van der Waals surface area contributed by atoms with Crippen molar-refractivity contribution in [2.75, 3.05) is 0 Å². The maximum Gasteiger partial charge on any atom is 0.108 e. The predicted molar refractivity (Wildman–Crippen MR) is 30.3 cm³/mol. The van der Waals surface area contributed by atoms with E-state index in [2.05, 4.69) is 4.84 Å². The van der Waals surface area contributed by atoms with Crippen LogP contribution in [0.5, 0.6) is 0 Å². The lowest BCUT2D eigenvalue weighted by molar-refractivity contribution is -0.0553. The molecule has 0 aliphatic heterocycles. The van der Waals surface area contributed by atoms with Crippen LogP contribution in [0.15, 0.2) is 0 Å². The molecule has 0 radical (unpaired) electrons. The first-order valence-corrected chi connectivity index (χ1v) is 2.97. The molecule has 3 atom stereocenters. The minimum atomic E-state index is -0.796. The number of hydrogen-bond acceptors (Lipinski definition) is 4. The van der Waals surface area contributed by atoms with Crippen molar-refractivity contribution in [2.24, 2.45) is 5.90 Å². The number of aliphatic hydroxyl groups excluding tert-OH is 2. The lowest BCUT2D eigenvalue weighted by Crippen LogP contribution is -2.32. The zero-order valence-electron chi connectivity index (χ0n) is 5.03. The number of nitrogens with two attached hydrogens (primary N) is 1. The highest BCUT2D eigenvalue weighted by Gasteiger charge is 2.33. The molecule has 4 N–H and O–H groups in total. The highest BCUT2D eigenvalue weighted by atomic mass is 16.6. The lowest BCUT2D eigenvalue weighted by Gasteiger charge is -2.12. The Kier molecular flexibility index (Phi) is 2.02. The first-order valence-electron chi connectivity index (χ1n) is 2.97. The summed E-state index contributed by atoms with van der Waals surface area (Å²) in [5.41, 5.74) is 0. The van der Waals surface area contributed by atoms with Gasteiger partial charge in [-0.3, -0.25) is 4.84 Å². The molecule has 0 heterocycles. The standard InChI is InChI=1S/C5H11NO3/c6-9-4-2-1-3(7)5(4)8/h3-5,7-8H,1-2,6H2/t3-,4-,5-/m0/s1. The smallest absolute Gasteiger partial charge is 0.108 e. The summed E-state index contributed by atoms with van der Waals surface area (Å²) >= 11 is 0. The fourth-order valence-electron chi connectivity index (χ4n) is 1.07. The number of hydrogen-bond donors (Lipinski definition) is 3. The third-order valence-corrected chi connectivity index (χ3v) is 1.70. The lowest BCUT2D eigenvalue weighted by atomic mass is 10.2. The van der Waals surface area contributed by atoms with Gasteiger partial charge in [-0.15, -0.1) is 0 Å². The van der Waals surface area contributed by atoms with Gasteiger partial charge in [-0.2, -0.15) is 0 Å².